The predicted octanol–water partition coefficient (Wildman–Crippen LogP) is 2.38. The van der Waals surface area contributed by atoms with Gasteiger partial charge < -0.3 is 10.1 Å². The van der Waals surface area contributed by atoms with E-state index < -0.39 is 0 Å². The molecule has 4 heteroatoms. The molecule has 2 fully saturated rings. The largest absolute Gasteiger partial charge is 0.381 e. The first-order valence-electron chi connectivity index (χ1n) is 6.34. The van der Waals surface area contributed by atoms with Crippen molar-refractivity contribution in [1.29, 1.82) is 0 Å². The van der Waals surface area contributed by atoms with Crippen molar-refractivity contribution in [3.05, 3.63) is 0 Å². The van der Waals surface area contributed by atoms with Gasteiger partial charge in [-0.1, -0.05) is 0 Å². The summed E-state index contributed by atoms with van der Waals surface area (Å²) in [5, 5.41) is 4.58. The maximum absolute atomic E-state index is 5.46. The lowest BCUT2D eigenvalue weighted by atomic mass is 9.93. The summed E-state index contributed by atoms with van der Waals surface area (Å²) >= 11 is 4.25. The molecule has 1 saturated carbocycles. The number of rotatable bonds is 4. The molecule has 0 radical (unpaired) electrons. The fourth-order valence-electron chi connectivity index (χ4n) is 2.50. The molecule has 16 heavy (non-hydrogen) atoms. The summed E-state index contributed by atoms with van der Waals surface area (Å²) < 4.78 is 5.46. The highest BCUT2D eigenvalue weighted by molar-refractivity contribution is 8.06. The molecular weight excluding hydrogens is 238 g/mol. The number of nitrogens with one attached hydrogen (secondary N) is 1. The Hall–Kier alpha value is 0.620. The summed E-state index contributed by atoms with van der Waals surface area (Å²) in [6.45, 7) is 1.19. The third-order valence-corrected chi connectivity index (χ3v) is 6.32. The first-order chi connectivity index (χ1) is 7.88. The Morgan fingerprint density at radius 3 is 3.00 bits per heavy atom. The average molecular weight is 261 g/mol. The van der Waals surface area contributed by atoms with Crippen LogP contribution in [0.1, 0.15) is 25.7 Å². The van der Waals surface area contributed by atoms with Gasteiger partial charge in [0.1, 0.15) is 0 Å². The van der Waals surface area contributed by atoms with Gasteiger partial charge in [0.15, 0.2) is 0 Å². The van der Waals surface area contributed by atoms with E-state index in [0.717, 1.165) is 5.25 Å². The van der Waals surface area contributed by atoms with Gasteiger partial charge in [-0.3, -0.25) is 0 Å². The van der Waals surface area contributed by atoms with Crippen molar-refractivity contribution in [1.82, 2.24) is 5.32 Å². The Morgan fingerprint density at radius 2 is 2.25 bits per heavy atom. The van der Waals surface area contributed by atoms with E-state index in [9.17, 15) is 0 Å². The predicted molar refractivity (Wildman–Crippen MR) is 74.6 cm³/mol. The highest BCUT2D eigenvalue weighted by atomic mass is 32.2. The van der Waals surface area contributed by atoms with Crippen LogP contribution in [0.5, 0.6) is 0 Å². The lowest BCUT2D eigenvalue weighted by molar-refractivity contribution is 0.0590. The van der Waals surface area contributed by atoms with Crippen molar-refractivity contribution < 1.29 is 4.74 Å². The van der Waals surface area contributed by atoms with E-state index in [1.807, 2.05) is 7.11 Å². The molecule has 2 aliphatic rings. The van der Waals surface area contributed by atoms with Crippen LogP contribution in [0, 0.1) is 0 Å². The average Bonchev–Trinajstić information content (AvgIpc) is 2.38. The molecule has 1 aliphatic heterocycles. The molecule has 1 N–H and O–H groups in total. The fraction of sp³-hybridized carbons (Fsp3) is 1.00. The summed E-state index contributed by atoms with van der Waals surface area (Å²) in [5.41, 5.74) is 0. The van der Waals surface area contributed by atoms with Crippen LogP contribution in [0.3, 0.4) is 0 Å². The zero-order valence-electron chi connectivity index (χ0n) is 10.1. The Morgan fingerprint density at radius 1 is 1.31 bits per heavy atom. The van der Waals surface area contributed by atoms with Crippen LogP contribution in [0.4, 0.5) is 0 Å². The smallest absolute Gasteiger partial charge is 0.0586 e. The molecule has 0 spiro atoms. The minimum absolute atomic E-state index is 0.500. The van der Waals surface area contributed by atoms with E-state index in [-0.39, 0.29) is 0 Å². The molecule has 0 aromatic rings. The van der Waals surface area contributed by atoms with Crippen LogP contribution in [0.15, 0.2) is 0 Å². The van der Waals surface area contributed by atoms with Crippen LogP contribution >= 0.6 is 23.5 Å². The topological polar surface area (TPSA) is 21.3 Å². The maximum Gasteiger partial charge on any atom is 0.0586 e. The van der Waals surface area contributed by atoms with Gasteiger partial charge in [0, 0.05) is 42.2 Å². The van der Waals surface area contributed by atoms with Gasteiger partial charge in [0.2, 0.25) is 0 Å². The van der Waals surface area contributed by atoms with E-state index >= 15 is 0 Å². The second-order valence-electron chi connectivity index (χ2n) is 4.70. The number of methoxy groups -OCH3 is 1. The van der Waals surface area contributed by atoms with Gasteiger partial charge in [-0.2, -0.15) is 23.5 Å². The van der Waals surface area contributed by atoms with Crippen LogP contribution in [0.25, 0.3) is 0 Å². The molecule has 1 saturated heterocycles. The quantitative estimate of drug-likeness (QED) is 0.838. The zero-order valence-corrected chi connectivity index (χ0v) is 11.7. The molecule has 3 unspecified atom stereocenters. The molecule has 94 valence electrons. The standard InChI is InChI=1S/C12H23NOS2/c1-14-11-4-2-3-10(7-11)13-8-12-9-15-5-6-16-12/h10-13H,2-9H2,1H3. The molecule has 3 atom stereocenters. The summed E-state index contributed by atoms with van der Waals surface area (Å²) in [6.07, 6.45) is 5.62. The van der Waals surface area contributed by atoms with Gasteiger partial charge in [0.25, 0.3) is 0 Å². The summed E-state index contributed by atoms with van der Waals surface area (Å²) in [6, 6.07) is 0.700. The number of hydrogen-bond donors (Lipinski definition) is 1. The molecule has 1 aliphatic carbocycles. The Kier molecular flexibility index (Phi) is 5.83. The van der Waals surface area contributed by atoms with E-state index in [4.69, 9.17) is 4.74 Å². The van der Waals surface area contributed by atoms with Crippen LogP contribution in [0.2, 0.25) is 0 Å². The summed E-state index contributed by atoms with van der Waals surface area (Å²) in [5.74, 6) is 4.01. The Balaban J connectivity index is 1.64. The lowest BCUT2D eigenvalue weighted by Gasteiger charge is -2.31. The zero-order chi connectivity index (χ0) is 11.2. The van der Waals surface area contributed by atoms with Crippen LogP contribution in [-0.4, -0.2) is 48.3 Å². The molecular formula is C12H23NOS2. The molecule has 1 heterocycles. The highest BCUT2D eigenvalue weighted by Gasteiger charge is 2.22. The van der Waals surface area contributed by atoms with Crippen molar-refractivity contribution >= 4 is 23.5 Å². The van der Waals surface area contributed by atoms with Crippen molar-refractivity contribution in [2.75, 3.05) is 30.9 Å². The number of hydrogen-bond acceptors (Lipinski definition) is 4. The minimum atomic E-state index is 0.500. The first kappa shape index (κ1) is 13.1. The summed E-state index contributed by atoms with van der Waals surface area (Å²) in [7, 11) is 1.85. The molecule has 2 rings (SSSR count). The number of ether oxygens (including phenoxy) is 1. The van der Waals surface area contributed by atoms with Gasteiger partial charge in [0.05, 0.1) is 6.10 Å². The van der Waals surface area contributed by atoms with E-state index in [1.165, 1.54) is 49.5 Å². The second kappa shape index (κ2) is 7.14. The third kappa shape index (κ3) is 4.13. The minimum Gasteiger partial charge on any atom is -0.381 e. The number of thioether (sulfide) groups is 2. The van der Waals surface area contributed by atoms with Gasteiger partial charge in [-0.05, 0) is 25.7 Å². The SMILES string of the molecule is COC1CCCC(NCC2CSCCS2)C1. The Labute approximate surface area is 108 Å². The molecule has 0 aromatic heterocycles. The van der Waals surface area contributed by atoms with E-state index in [2.05, 4.69) is 28.8 Å². The lowest BCUT2D eigenvalue weighted by Crippen LogP contribution is -2.40. The van der Waals surface area contributed by atoms with Gasteiger partial charge in [-0.15, -0.1) is 0 Å². The molecule has 0 aromatic carbocycles. The van der Waals surface area contributed by atoms with Crippen molar-refractivity contribution in [3.63, 3.8) is 0 Å². The summed E-state index contributed by atoms with van der Waals surface area (Å²) in [4.78, 5) is 0. The third-order valence-electron chi connectivity index (χ3n) is 3.48. The van der Waals surface area contributed by atoms with Crippen molar-refractivity contribution in [2.45, 2.75) is 43.1 Å². The normalized spacial score (nSPS) is 36.2. The molecule has 2 nitrogen and oxygen atoms in total. The van der Waals surface area contributed by atoms with Crippen molar-refractivity contribution in [3.8, 4) is 0 Å². The second-order valence-corrected chi connectivity index (χ2v) is 7.26. The van der Waals surface area contributed by atoms with Crippen LogP contribution < -0.4 is 5.32 Å². The highest BCUT2D eigenvalue weighted by Crippen LogP contribution is 2.25. The first-order valence-corrected chi connectivity index (χ1v) is 8.54. The van der Waals surface area contributed by atoms with Gasteiger partial charge >= 0.3 is 0 Å². The monoisotopic (exact) mass is 261 g/mol. The molecule has 0 bridgehead atoms. The van der Waals surface area contributed by atoms with Crippen LogP contribution in [-0.2, 0) is 4.74 Å². The Bertz CT molecular complexity index is 197. The van der Waals surface area contributed by atoms with E-state index in [1.54, 1.807) is 0 Å². The van der Waals surface area contributed by atoms with E-state index in [0.29, 0.717) is 12.1 Å². The maximum atomic E-state index is 5.46. The fourth-order valence-corrected chi connectivity index (χ4v) is 5.12. The molecule has 0 amide bonds. The van der Waals surface area contributed by atoms with Crippen molar-refractivity contribution in [2.24, 2.45) is 0 Å². The van der Waals surface area contributed by atoms with Gasteiger partial charge in [-0.25, -0.2) is 0 Å².